The molecule has 0 radical (unpaired) electrons. The molecule has 1 aromatic rings. The summed E-state index contributed by atoms with van der Waals surface area (Å²) in [6, 6.07) is 6.70. The molecule has 0 unspecified atom stereocenters. The van der Waals surface area contributed by atoms with Crippen molar-refractivity contribution < 1.29 is 17.4 Å². The first-order valence-electron chi connectivity index (χ1n) is 7.73. The molecule has 0 bridgehead atoms. The molecule has 1 rings (SSSR count). The summed E-state index contributed by atoms with van der Waals surface area (Å²) in [6.45, 7) is 9.57. The van der Waals surface area contributed by atoms with Crippen LogP contribution in [-0.4, -0.2) is 37.2 Å². The molecule has 7 heteroatoms. The third-order valence-corrected chi connectivity index (χ3v) is 4.28. The van der Waals surface area contributed by atoms with Crippen LogP contribution < -0.4 is 9.50 Å². The number of urea groups is 1. The van der Waals surface area contributed by atoms with Crippen molar-refractivity contribution in [3.63, 3.8) is 0 Å². The van der Waals surface area contributed by atoms with Crippen LogP contribution in [0.3, 0.4) is 0 Å². The Balaban J connectivity index is 2.91. The number of hydrogen-bond acceptors (Lipinski definition) is 4. The first kappa shape index (κ1) is 19.3. The summed E-state index contributed by atoms with van der Waals surface area (Å²) in [6.07, 6.45) is 0. The lowest BCUT2D eigenvalue weighted by molar-refractivity contribution is 0.177. The number of carbonyl (C=O) groups is 1. The Bertz CT molecular complexity index is 627. The van der Waals surface area contributed by atoms with Gasteiger partial charge in [0.25, 0.3) is 0 Å². The Morgan fingerprint density at radius 1 is 1.26 bits per heavy atom. The number of rotatable bonds is 7. The fourth-order valence-electron chi connectivity index (χ4n) is 1.92. The molecule has 0 heterocycles. The van der Waals surface area contributed by atoms with Crippen LogP contribution in [0.4, 0.5) is 4.79 Å². The van der Waals surface area contributed by atoms with Crippen molar-refractivity contribution in [1.29, 1.82) is 0 Å². The molecule has 0 fully saturated rings. The zero-order valence-electron chi connectivity index (χ0n) is 14.4. The van der Waals surface area contributed by atoms with Gasteiger partial charge < -0.3 is 14.4 Å². The minimum absolute atomic E-state index is 0.0118. The van der Waals surface area contributed by atoms with E-state index in [4.69, 9.17) is 4.18 Å². The van der Waals surface area contributed by atoms with Gasteiger partial charge in [-0.25, -0.2) is 4.79 Å². The van der Waals surface area contributed by atoms with Crippen LogP contribution in [0.2, 0.25) is 0 Å². The highest BCUT2D eigenvalue weighted by atomic mass is 32.2. The van der Waals surface area contributed by atoms with Gasteiger partial charge in [-0.2, -0.15) is 8.42 Å². The minimum atomic E-state index is -3.56. The molecule has 130 valence electrons. The van der Waals surface area contributed by atoms with E-state index in [0.717, 1.165) is 5.56 Å². The van der Waals surface area contributed by atoms with Crippen LogP contribution in [0.15, 0.2) is 24.3 Å². The summed E-state index contributed by atoms with van der Waals surface area (Å²) in [5.74, 6) is 0.170. The summed E-state index contributed by atoms with van der Waals surface area (Å²) in [5, 5.41) is 2.87. The highest BCUT2D eigenvalue weighted by Crippen LogP contribution is 2.18. The maximum atomic E-state index is 12.2. The molecule has 0 atom stereocenters. The molecular weight excluding hydrogens is 316 g/mol. The molecule has 0 aliphatic rings. The standard InChI is InChI=1S/C16H26N2O4S/c1-6-23(20,21)22-15-9-7-8-14(10-15)11-18(13(4)5)16(19)17-12(2)3/h7-10,12-13H,6,11H2,1-5H3,(H,17,19). The maximum Gasteiger partial charge on any atom is 0.318 e. The lowest BCUT2D eigenvalue weighted by atomic mass is 10.2. The van der Waals surface area contributed by atoms with Crippen LogP contribution in [0.25, 0.3) is 0 Å². The molecule has 2 amide bonds. The second kappa shape index (κ2) is 8.19. The van der Waals surface area contributed by atoms with E-state index in [-0.39, 0.29) is 29.6 Å². The number of amides is 2. The first-order chi connectivity index (χ1) is 10.6. The summed E-state index contributed by atoms with van der Waals surface area (Å²) in [4.78, 5) is 13.9. The van der Waals surface area contributed by atoms with E-state index in [0.29, 0.717) is 6.54 Å². The topological polar surface area (TPSA) is 75.7 Å². The van der Waals surface area contributed by atoms with E-state index in [1.54, 1.807) is 23.1 Å². The monoisotopic (exact) mass is 342 g/mol. The number of hydrogen-bond donors (Lipinski definition) is 1. The van der Waals surface area contributed by atoms with E-state index < -0.39 is 10.1 Å². The van der Waals surface area contributed by atoms with Gasteiger partial charge in [-0.05, 0) is 52.3 Å². The molecule has 1 N–H and O–H groups in total. The van der Waals surface area contributed by atoms with Crippen molar-refractivity contribution in [2.24, 2.45) is 0 Å². The molecule has 0 aliphatic carbocycles. The van der Waals surface area contributed by atoms with Crippen LogP contribution in [-0.2, 0) is 16.7 Å². The van der Waals surface area contributed by atoms with Crippen LogP contribution in [0.5, 0.6) is 5.75 Å². The molecule has 0 aliphatic heterocycles. The van der Waals surface area contributed by atoms with Crippen LogP contribution >= 0.6 is 0 Å². The van der Waals surface area contributed by atoms with Gasteiger partial charge in [0.05, 0.1) is 5.75 Å². The van der Waals surface area contributed by atoms with Crippen molar-refractivity contribution in [2.45, 2.75) is 53.2 Å². The van der Waals surface area contributed by atoms with E-state index in [9.17, 15) is 13.2 Å². The minimum Gasteiger partial charge on any atom is -0.382 e. The summed E-state index contributed by atoms with van der Waals surface area (Å²) >= 11 is 0. The molecule has 1 aromatic carbocycles. The number of benzene rings is 1. The predicted molar refractivity (Wildman–Crippen MR) is 90.9 cm³/mol. The molecule has 0 saturated heterocycles. The lowest BCUT2D eigenvalue weighted by Crippen LogP contribution is -2.45. The number of nitrogens with one attached hydrogen (secondary N) is 1. The van der Waals surface area contributed by atoms with Gasteiger partial charge in [0.1, 0.15) is 5.75 Å². The Kier molecular flexibility index (Phi) is 6.87. The van der Waals surface area contributed by atoms with Gasteiger partial charge >= 0.3 is 16.1 Å². The average Bonchev–Trinajstić information content (AvgIpc) is 2.43. The zero-order chi connectivity index (χ0) is 17.6. The van der Waals surface area contributed by atoms with E-state index >= 15 is 0 Å². The Labute approximate surface area is 138 Å². The molecule has 0 spiro atoms. The van der Waals surface area contributed by atoms with Crippen molar-refractivity contribution in [3.05, 3.63) is 29.8 Å². The average molecular weight is 342 g/mol. The van der Waals surface area contributed by atoms with Gasteiger partial charge in [0, 0.05) is 18.6 Å². The van der Waals surface area contributed by atoms with Crippen molar-refractivity contribution in [3.8, 4) is 5.75 Å². The summed E-state index contributed by atoms with van der Waals surface area (Å²) in [7, 11) is -3.56. The SMILES string of the molecule is CCS(=O)(=O)Oc1cccc(CN(C(=O)NC(C)C)C(C)C)c1. The largest absolute Gasteiger partial charge is 0.382 e. The lowest BCUT2D eigenvalue weighted by Gasteiger charge is -2.28. The van der Waals surface area contributed by atoms with Gasteiger partial charge in [0.2, 0.25) is 0 Å². The second-order valence-corrected chi connectivity index (χ2v) is 7.76. The number of carbonyl (C=O) groups excluding carboxylic acids is 1. The molecule has 0 saturated carbocycles. The van der Waals surface area contributed by atoms with Crippen LogP contribution in [0, 0.1) is 0 Å². The summed E-state index contributed by atoms with van der Waals surface area (Å²) < 4.78 is 28.1. The Morgan fingerprint density at radius 2 is 1.91 bits per heavy atom. The molecule has 6 nitrogen and oxygen atoms in total. The third kappa shape index (κ3) is 6.48. The Morgan fingerprint density at radius 3 is 2.43 bits per heavy atom. The maximum absolute atomic E-state index is 12.2. The second-order valence-electron chi connectivity index (χ2n) is 5.90. The first-order valence-corrected chi connectivity index (χ1v) is 9.30. The van der Waals surface area contributed by atoms with Crippen LogP contribution in [0.1, 0.15) is 40.2 Å². The smallest absolute Gasteiger partial charge is 0.318 e. The van der Waals surface area contributed by atoms with Crippen molar-refractivity contribution >= 4 is 16.1 Å². The normalized spacial score (nSPS) is 11.6. The fraction of sp³-hybridized carbons (Fsp3) is 0.562. The van der Waals surface area contributed by atoms with Gasteiger partial charge in [-0.1, -0.05) is 12.1 Å². The molecular formula is C16H26N2O4S. The van der Waals surface area contributed by atoms with Crippen molar-refractivity contribution in [1.82, 2.24) is 10.2 Å². The van der Waals surface area contributed by atoms with Crippen molar-refractivity contribution in [2.75, 3.05) is 5.75 Å². The fourth-order valence-corrected chi connectivity index (χ4v) is 2.43. The van der Waals surface area contributed by atoms with Gasteiger partial charge in [0.15, 0.2) is 0 Å². The molecule has 0 aromatic heterocycles. The summed E-state index contributed by atoms with van der Waals surface area (Å²) in [5.41, 5.74) is 0.807. The zero-order valence-corrected chi connectivity index (χ0v) is 15.2. The highest BCUT2D eigenvalue weighted by molar-refractivity contribution is 7.87. The highest BCUT2D eigenvalue weighted by Gasteiger charge is 2.18. The Hall–Kier alpha value is -1.76. The van der Waals surface area contributed by atoms with E-state index in [1.807, 2.05) is 33.8 Å². The van der Waals surface area contributed by atoms with E-state index in [2.05, 4.69) is 5.32 Å². The van der Waals surface area contributed by atoms with Gasteiger partial charge in [-0.3, -0.25) is 0 Å². The van der Waals surface area contributed by atoms with Gasteiger partial charge in [-0.15, -0.1) is 0 Å². The quantitative estimate of drug-likeness (QED) is 0.773. The predicted octanol–water partition coefficient (Wildman–Crippen LogP) is 2.74. The van der Waals surface area contributed by atoms with E-state index in [1.165, 1.54) is 6.92 Å². The number of nitrogens with zero attached hydrogens (tertiary/aromatic N) is 1. The molecule has 23 heavy (non-hydrogen) atoms. The third-order valence-electron chi connectivity index (χ3n) is 3.12.